The van der Waals surface area contributed by atoms with E-state index in [0.29, 0.717) is 31.3 Å². The summed E-state index contributed by atoms with van der Waals surface area (Å²) in [7, 11) is 0. The summed E-state index contributed by atoms with van der Waals surface area (Å²) in [6.45, 7) is 4.46. The van der Waals surface area contributed by atoms with E-state index in [1.54, 1.807) is 5.38 Å². The number of nitrogen functional groups attached to an aromatic ring is 1. The van der Waals surface area contributed by atoms with Crippen molar-refractivity contribution in [1.82, 2.24) is 19.9 Å². The summed E-state index contributed by atoms with van der Waals surface area (Å²) in [5, 5.41) is 11.6. The number of hydrogen-bond acceptors (Lipinski definition) is 8. The van der Waals surface area contributed by atoms with Crippen LogP contribution in [0.3, 0.4) is 0 Å². The number of nitriles is 1. The molecule has 1 saturated heterocycles. The molecule has 9 heteroatoms. The van der Waals surface area contributed by atoms with Crippen LogP contribution in [-0.2, 0) is 0 Å². The van der Waals surface area contributed by atoms with Gasteiger partial charge in [-0.3, -0.25) is 4.79 Å². The van der Waals surface area contributed by atoms with E-state index in [2.05, 4.69) is 15.0 Å². The molecule has 2 aromatic rings. The third-order valence-electron chi connectivity index (χ3n) is 3.83. The highest BCUT2D eigenvalue weighted by molar-refractivity contribution is 7.09. The van der Waals surface area contributed by atoms with Crippen molar-refractivity contribution in [2.75, 3.05) is 36.8 Å². The highest BCUT2D eigenvalue weighted by Crippen LogP contribution is 2.17. The van der Waals surface area contributed by atoms with Gasteiger partial charge >= 0.3 is 0 Å². The van der Waals surface area contributed by atoms with E-state index in [-0.39, 0.29) is 17.3 Å². The zero-order valence-corrected chi connectivity index (χ0v) is 14.1. The molecule has 3 rings (SSSR count). The standard InChI is InChI=1S/C15H17N7OS/c1-10-19-12(9-24-10)14(23)21-3-2-4-22(6-5-21)15-18-8-11(7-16)13(17)20-15/h8-9H,2-6H2,1H3,(H2,17,18,20). The van der Waals surface area contributed by atoms with Crippen molar-refractivity contribution in [3.05, 3.63) is 27.8 Å². The molecule has 1 fully saturated rings. The van der Waals surface area contributed by atoms with E-state index >= 15 is 0 Å². The van der Waals surface area contributed by atoms with Gasteiger partial charge in [0.25, 0.3) is 5.91 Å². The summed E-state index contributed by atoms with van der Waals surface area (Å²) in [6.07, 6.45) is 2.24. The van der Waals surface area contributed by atoms with Gasteiger partial charge in [-0.15, -0.1) is 11.3 Å². The maximum atomic E-state index is 12.5. The fourth-order valence-corrected chi connectivity index (χ4v) is 3.15. The average molecular weight is 343 g/mol. The van der Waals surface area contributed by atoms with E-state index in [0.717, 1.165) is 18.0 Å². The lowest BCUT2D eigenvalue weighted by Gasteiger charge is -2.21. The summed E-state index contributed by atoms with van der Waals surface area (Å²) in [6, 6.07) is 1.95. The van der Waals surface area contributed by atoms with E-state index < -0.39 is 0 Å². The number of carbonyl (C=O) groups is 1. The quantitative estimate of drug-likeness (QED) is 0.867. The van der Waals surface area contributed by atoms with Gasteiger partial charge in [0.15, 0.2) is 0 Å². The predicted octanol–water partition coefficient (Wildman–Crippen LogP) is 1.05. The molecular formula is C15H17N7OS. The summed E-state index contributed by atoms with van der Waals surface area (Å²) < 4.78 is 0. The summed E-state index contributed by atoms with van der Waals surface area (Å²) in [4.78, 5) is 29.0. The molecule has 1 aliphatic heterocycles. The van der Waals surface area contributed by atoms with E-state index in [4.69, 9.17) is 11.0 Å². The molecule has 0 bridgehead atoms. The van der Waals surface area contributed by atoms with Crippen molar-refractivity contribution in [3.63, 3.8) is 0 Å². The number of nitrogens with two attached hydrogens (primary N) is 1. The van der Waals surface area contributed by atoms with Crippen LogP contribution >= 0.6 is 11.3 Å². The first kappa shape index (κ1) is 16.1. The van der Waals surface area contributed by atoms with Crippen molar-refractivity contribution < 1.29 is 4.79 Å². The number of amides is 1. The monoisotopic (exact) mass is 343 g/mol. The van der Waals surface area contributed by atoms with Gasteiger partial charge in [0.2, 0.25) is 5.95 Å². The topological polar surface area (TPSA) is 112 Å². The molecule has 3 heterocycles. The summed E-state index contributed by atoms with van der Waals surface area (Å²) >= 11 is 1.48. The molecule has 2 N–H and O–H groups in total. The molecular weight excluding hydrogens is 326 g/mol. The van der Waals surface area contributed by atoms with Gasteiger partial charge in [-0.2, -0.15) is 10.2 Å². The molecule has 0 aliphatic carbocycles. The molecule has 1 aliphatic rings. The average Bonchev–Trinajstić information content (AvgIpc) is 2.87. The van der Waals surface area contributed by atoms with Gasteiger partial charge in [-0.25, -0.2) is 9.97 Å². The molecule has 0 atom stereocenters. The Balaban J connectivity index is 1.70. The summed E-state index contributed by atoms with van der Waals surface area (Å²) in [5.74, 6) is 0.629. The number of aryl methyl sites for hydroxylation is 1. The lowest BCUT2D eigenvalue weighted by Crippen LogP contribution is -2.35. The molecule has 124 valence electrons. The molecule has 24 heavy (non-hydrogen) atoms. The Morgan fingerprint density at radius 1 is 1.33 bits per heavy atom. The van der Waals surface area contributed by atoms with E-state index in [1.165, 1.54) is 17.5 Å². The first-order valence-corrected chi connectivity index (χ1v) is 8.45. The largest absolute Gasteiger partial charge is 0.382 e. The van der Waals surface area contributed by atoms with Crippen LogP contribution < -0.4 is 10.6 Å². The van der Waals surface area contributed by atoms with Crippen LogP contribution in [0.5, 0.6) is 0 Å². The van der Waals surface area contributed by atoms with Crippen molar-refractivity contribution in [2.45, 2.75) is 13.3 Å². The minimum atomic E-state index is -0.0403. The maximum absolute atomic E-state index is 12.5. The fraction of sp³-hybridized carbons (Fsp3) is 0.400. The SMILES string of the molecule is Cc1nc(C(=O)N2CCCN(c3ncc(C#N)c(N)n3)CC2)cs1. The normalized spacial score (nSPS) is 15.0. The van der Waals surface area contributed by atoms with Gasteiger partial charge in [-0.05, 0) is 13.3 Å². The second-order valence-corrected chi connectivity index (χ2v) is 6.53. The Kier molecular flexibility index (Phi) is 4.57. The molecule has 0 saturated carbocycles. The molecule has 2 aromatic heterocycles. The third kappa shape index (κ3) is 3.28. The molecule has 0 spiro atoms. The smallest absolute Gasteiger partial charge is 0.273 e. The Morgan fingerprint density at radius 2 is 2.17 bits per heavy atom. The van der Waals surface area contributed by atoms with Crippen molar-refractivity contribution in [2.24, 2.45) is 0 Å². The minimum Gasteiger partial charge on any atom is -0.382 e. The van der Waals surface area contributed by atoms with Crippen LogP contribution in [0.2, 0.25) is 0 Å². The number of hydrogen-bond donors (Lipinski definition) is 1. The zero-order chi connectivity index (χ0) is 17.1. The van der Waals surface area contributed by atoms with Gasteiger partial charge in [0.1, 0.15) is 23.1 Å². The first-order valence-electron chi connectivity index (χ1n) is 7.57. The van der Waals surface area contributed by atoms with Crippen LogP contribution in [0.15, 0.2) is 11.6 Å². The van der Waals surface area contributed by atoms with Gasteiger partial charge in [0, 0.05) is 31.6 Å². The Hall–Kier alpha value is -2.73. The third-order valence-corrected chi connectivity index (χ3v) is 4.60. The number of carbonyl (C=O) groups excluding carboxylic acids is 1. The predicted molar refractivity (Wildman–Crippen MR) is 90.7 cm³/mol. The van der Waals surface area contributed by atoms with Crippen LogP contribution in [0.4, 0.5) is 11.8 Å². The summed E-state index contributed by atoms with van der Waals surface area (Å²) in [5.41, 5.74) is 6.53. The number of rotatable bonds is 2. The lowest BCUT2D eigenvalue weighted by atomic mass is 10.3. The van der Waals surface area contributed by atoms with Gasteiger partial charge in [-0.1, -0.05) is 0 Å². The second kappa shape index (κ2) is 6.80. The van der Waals surface area contributed by atoms with Crippen LogP contribution in [0.25, 0.3) is 0 Å². The van der Waals surface area contributed by atoms with E-state index in [1.807, 2.05) is 22.8 Å². The van der Waals surface area contributed by atoms with Crippen LogP contribution in [0, 0.1) is 18.3 Å². The fourth-order valence-electron chi connectivity index (χ4n) is 2.57. The van der Waals surface area contributed by atoms with Gasteiger partial charge in [0.05, 0.1) is 11.2 Å². The zero-order valence-electron chi connectivity index (χ0n) is 13.3. The lowest BCUT2D eigenvalue weighted by molar-refractivity contribution is 0.0762. The Labute approximate surface area is 143 Å². The second-order valence-electron chi connectivity index (χ2n) is 5.47. The Morgan fingerprint density at radius 3 is 2.83 bits per heavy atom. The Bertz CT molecular complexity index is 797. The van der Waals surface area contributed by atoms with Crippen molar-refractivity contribution >= 4 is 29.0 Å². The first-order chi connectivity index (χ1) is 11.6. The van der Waals surface area contributed by atoms with Crippen LogP contribution in [0.1, 0.15) is 27.5 Å². The highest BCUT2D eigenvalue weighted by Gasteiger charge is 2.23. The van der Waals surface area contributed by atoms with Crippen molar-refractivity contribution in [1.29, 1.82) is 5.26 Å². The number of nitrogens with zero attached hydrogens (tertiary/aromatic N) is 6. The van der Waals surface area contributed by atoms with Crippen LogP contribution in [-0.4, -0.2) is 51.9 Å². The molecule has 0 unspecified atom stereocenters. The van der Waals surface area contributed by atoms with Crippen molar-refractivity contribution in [3.8, 4) is 6.07 Å². The molecule has 0 aromatic carbocycles. The number of thiazole rings is 1. The minimum absolute atomic E-state index is 0.0403. The van der Waals surface area contributed by atoms with E-state index in [9.17, 15) is 4.79 Å². The maximum Gasteiger partial charge on any atom is 0.273 e. The highest BCUT2D eigenvalue weighted by atomic mass is 32.1. The molecule has 8 nitrogen and oxygen atoms in total. The van der Waals surface area contributed by atoms with Gasteiger partial charge < -0.3 is 15.5 Å². The number of anilines is 2. The molecule has 0 radical (unpaired) electrons. The molecule has 1 amide bonds. The number of aromatic nitrogens is 3.